The summed E-state index contributed by atoms with van der Waals surface area (Å²) in [5, 5.41) is 0. The largest absolute Gasteiger partial charge is 0.179 e. The van der Waals surface area contributed by atoms with Gasteiger partial charge in [-0.25, -0.2) is 0 Å². The van der Waals surface area contributed by atoms with E-state index in [0.717, 1.165) is 5.75 Å². The summed E-state index contributed by atoms with van der Waals surface area (Å²) in [4.78, 5) is 0. The maximum atomic E-state index is 4.05. The lowest BCUT2D eigenvalue weighted by Gasteiger charge is -1.85. The van der Waals surface area contributed by atoms with Gasteiger partial charge in [-0.1, -0.05) is 25.8 Å². The molecule has 9 heavy (non-hydrogen) atoms. The van der Waals surface area contributed by atoms with Crippen molar-refractivity contribution < 1.29 is 0 Å². The maximum absolute atomic E-state index is 4.05. The molecule has 56 valence electrons. The Hall–Kier alpha value is 0.0900. The van der Waals surface area contributed by atoms with E-state index in [0.29, 0.717) is 0 Å². The molecule has 0 aliphatic rings. The number of hydrogen-bond acceptors (Lipinski definition) is 1. The fourth-order valence-corrected chi connectivity index (χ4v) is 0.585. The van der Waals surface area contributed by atoms with Crippen LogP contribution in [0.15, 0.2) is 12.7 Å². The highest BCUT2D eigenvalue weighted by molar-refractivity contribution is 7.80. The van der Waals surface area contributed by atoms with Crippen molar-refractivity contribution in [3.05, 3.63) is 12.7 Å². The van der Waals surface area contributed by atoms with E-state index >= 15 is 0 Å². The summed E-state index contributed by atoms with van der Waals surface area (Å²) in [6.07, 6.45) is 5.67. The fraction of sp³-hybridized carbons (Fsp3) is 0.750. The monoisotopic (exact) mass is 146 g/mol. The summed E-state index contributed by atoms with van der Waals surface area (Å²) in [7, 11) is 0. The Morgan fingerprint density at radius 1 is 1.44 bits per heavy atom. The lowest BCUT2D eigenvalue weighted by molar-refractivity contribution is 0.780. The first kappa shape index (κ1) is 11.8. The maximum Gasteiger partial charge on any atom is -0.00979 e. The van der Waals surface area contributed by atoms with E-state index in [1.54, 1.807) is 6.08 Å². The third kappa shape index (κ3) is 31.4. The lowest BCUT2D eigenvalue weighted by Crippen LogP contribution is -1.70. The summed E-state index contributed by atoms with van der Waals surface area (Å²) in [6.45, 7) is 7.45. The van der Waals surface area contributed by atoms with Crippen LogP contribution in [0.5, 0.6) is 0 Å². The molecule has 0 bridgehead atoms. The predicted molar refractivity (Wildman–Crippen MR) is 49.2 cm³/mol. The topological polar surface area (TPSA) is 0 Å². The molecule has 0 atom stereocenters. The molecule has 0 N–H and O–H groups in total. The smallest absolute Gasteiger partial charge is 0.00979 e. The van der Waals surface area contributed by atoms with Crippen LogP contribution < -0.4 is 0 Å². The van der Waals surface area contributed by atoms with Crippen LogP contribution in [0.1, 0.15) is 33.1 Å². The van der Waals surface area contributed by atoms with E-state index in [1.807, 2.05) is 6.92 Å². The number of thiol groups is 1. The molecule has 0 nitrogen and oxygen atoms in total. The van der Waals surface area contributed by atoms with Gasteiger partial charge in [-0.3, -0.25) is 0 Å². The van der Waals surface area contributed by atoms with Gasteiger partial charge in [0.15, 0.2) is 0 Å². The zero-order chi connectivity index (χ0) is 7.54. The van der Waals surface area contributed by atoms with E-state index < -0.39 is 0 Å². The highest BCUT2D eigenvalue weighted by Gasteiger charge is 1.75. The van der Waals surface area contributed by atoms with E-state index in [1.165, 1.54) is 19.3 Å². The molecule has 0 aliphatic carbocycles. The Morgan fingerprint density at radius 3 is 2.00 bits per heavy atom. The fourth-order valence-electron chi connectivity index (χ4n) is 0.362. The van der Waals surface area contributed by atoms with Gasteiger partial charge >= 0.3 is 0 Å². The van der Waals surface area contributed by atoms with Crippen LogP contribution in [-0.4, -0.2) is 5.75 Å². The molecule has 1 heteroatoms. The molecular weight excluding hydrogens is 128 g/mol. The van der Waals surface area contributed by atoms with Gasteiger partial charge in [-0.15, -0.1) is 6.58 Å². The van der Waals surface area contributed by atoms with Crippen LogP contribution in [-0.2, 0) is 0 Å². The molecule has 0 saturated heterocycles. The molecule has 0 unspecified atom stereocenters. The Morgan fingerprint density at radius 2 is 1.89 bits per heavy atom. The molecule has 0 aromatic rings. The van der Waals surface area contributed by atoms with E-state index in [4.69, 9.17) is 0 Å². The van der Waals surface area contributed by atoms with Gasteiger partial charge in [0.1, 0.15) is 0 Å². The molecule has 0 heterocycles. The summed E-state index contributed by atoms with van der Waals surface area (Å²) >= 11 is 4.05. The number of hydrogen-bond donors (Lipinski definition) is 1. The SMILES string of the molecule is C=CC.CCCCCS. The minimum atomic E-state index is 1.05. The number of allylic oxidation sites excluding steroid dienone is 1. The summed E-state index contributed by atoms with van der Waals surface area (Å²) in [6, 6.07) is 0. The van der Waals surface area contributed by atoms with Crippen LogP contribution in [0.2, 0.25) is 0 Å². The van der Waals surface area contributed by atoms with Crippen molar-refractivity contribution >= 4 is 12.6 Å². The molecule has 0 rings (SSSR count). The second kappa shape index (κ2) is 15.7. The van der Waals surface area contributed by atoms with Gasteiger partial charge < -0.3 is 0 Å². The Labute approximate surface area is 64.8 Å². The quantitative estimate of drug-likeness (QED) is 0.352. The minimum absolute atomic E-state index is 1.05. The van der Waals surface area contributed by atoms with E-state index in [9.17, 15) is 0 Å². The Balaban J connectivity index is 0. The molecular formula is C8H18S. The highest BCUT2D eigenvalue weighted by Crippen LogP contribution is 1.93. The third-order valence-electron chi connectivity index (χ3n) is 0.762. The van der Waals surface area contributed by atoms with Crippen molar-refractivity contribution in [2.45, 2.75) is 33.1 Å². The van der Waals surface area contributed by atoms with Crippen molar-refractivity contribution in [1.82, 2.24) is 0 Å². The third-order valence-corrected chi connectivity index (χ3v) is 1.08. The lowest BCUT2D eigenvalue weighted by atomic mass is 10.3. The van der Waals surface area contributed by atoms with Crippen LogP contribution in [0.4, 0.5) is 0 Å². The Kier molecular flexibility index (Phi) is 20.6. The van der Waals surface area contributed by atoms with Crippen LogP contribution in [0, 0.1) is 0 Å². The average molecular weight is 146 g/mol. The molecule has 0 aromatic carbocycles. The van der Waals surface area contributed by atoms with Gasteiger partial charge in [0, 0.05) is 0 Å². The van der Waals surface area contributed by atoms with E-state index in [2.05, 4.69) is 26.1 Å². The predicted octanol–water partition coefficient (Wildman–Crippen LogP) is 3.30. The van der Waals surface area contributed by atoms with Gasteiger partial charge in [-0.05, 0) is 19.1 Å². The standard InChI is InChI=1S/C5H12S.C3H6/c1-2-3-4-5-6;1-3-2/h6H,2-5H2,1H3;3H,1H2,2H3. The molecule has 0 spiro atoms. The first-order valence-corrected chi connectivity index (χ1v) is 4.14. The van der Waals surface area contributed by atoms with Crippen molar-refractivity contribution in [3.63, 3.8) is 0 Å². The summed E-state index contributed by atoms with van der Waals surface area (Å²) in [5.74, 6) is 1.05. The van der Waals surface area contributed by atoms with Gasteiger partial charge in [0.25, 0.3) is 0 Å². The highest BCUT2D eigenvalue weighted by atomic mass is 32.1. The zero-order valence-electron chi connectivity index (χ0n) is 6.56. The van der Waals surface area contributed by atoms with Gasteiger partial charge in [0.2, 0.25) is 0 Å². The van der Waals surface area contributed by atoms with Crippen molar-refractivity contribution in [1.29, 1.82) is 0 Å². The molecule has 0 fully saturated rings. The number of rotatable bonds is 3. The normalized spacial score (nSPS) is 7.44. The van der Waals surface area contributed by atoms with Crippen molar-refractivity contribution in [3.8, 4) is 0 Å². The van der Waals surface area contributed by atoms with E-state index in [-0.39, 0.29) is 0 Å². The second-order valence-corrected chi connectivity index (χ2v) is 2.29. The first-order chi connectivity index (χ1) is 4.33. The summed E-state index contributed by atoms with van der Waals surface area (Å²) < 4.78 is 0. The van der Waals surface area contributed by atoms with Crippen LogP contribution >= 0.6 is 12.6 Å². The summed E-state index contributed by atoms with van der Waals surface area (Å²) in [5.41, 5.74) is 0. The van der Waals surface area contributed by atoms with Crippen LogP contribution in [0.3, 0.4) is 0 Å². The molecule has 0 radical (unpaired) electrons. The average Bonchev–Trinajstić information content (AvgIpc) is 1.86. The van der Waals surface area contributed by atoms with Crippen LogP contribution in [0.25, 0.3) is 0 Å². The second-order valence-electron chi connectivity index (χ2n) is 1.84. The molecule has 0 saturated carbocycles. The van der Waals surface area contributed by atoms with Gasteiger partial charge in [0.05, 0.1) is 0 Å². The zero-order valence-corrected chi connectivity index (χ0v) is 7.45. The number of unbranched alkanes of at least 4 members (excludes halogenated alkanes) is 2. The van der Waals surface area contributed by atoms with Crippen molar-refractivity contribution in [2.75, 3.05) is 5.75 Å². The molecule has 0 aliphatic heterocycles. The molecule has 0 aromatic heterocycles. The van der Waals surface area contributed by atoms with Gasteiger partial charge in [-0.2, -0.15) is 12.6 Å². The minimum Gasteiger partial charge on any atom is -0.179 e. The Bertz CT molecular complexity index is 37.8. The first-order valence-electron chi connectivity index (χ1n) is 3.51. The molecule has 0 amide bonds. The van der Waals surface area contributed by atoms with Crippen molar-refractivity contribution in [2.24, 2.45) is 0 Å².